The topological polar surface area (TPSA) is 50.1 Å². The van der Waals surface area contributed by atoms with Crippen molar-refractivity contribution < 1.29 is 18.3 Å². The maximum Gasteiger partial charge on any atom is 0.308 e. The Morgan fingerprint density at radius 2 is 2.19 bits per heavy atom. The van der Waals surface area contributed by atoms with Crippen molar-refractivity contribution in [3.63, 3.8) is 0 Å². The maximum absolute atomic E-state index is 13.2. The molecular weight excluding hydrogens is 300 g/mol. The van der Waals surface area contributed by atoms with E-state index >= 15 is 0 Å². The molecule has 0 N–H and O–H groups in total. The zero-order valence-corrected chi connectivity index (χ0v) is 12.4. The molecule has 2 atom stereocenters. The van der Waals surface area contributed by atoms with E-state index in [0.717, 1.165) is 6.07 Å². The number of hydrogen-bond acceptors (Lipinski definition) is 3. The highest BCUT2D eigenvalue weighted by molar-refractivity contribution is 6.31. The first-order valence-corrected chi connectivity index (χ1v) is 7.03. The third-order valence-corrected chi connectivity index (χ3v) is 3.25. The number of carbonyl (C=O) groups is 1. The highest BCUT2D eigenvalue weighted by atomic mass is 35.5. The summed E-state index contributed by atoms with van der Waals surface area (Å²) in [5.41, 5.74) is 0.317. The minimum Gasteiger partial charge on any atom is -0.431 e. The van der Waals surface area contributed by atoms with E-state index in [1.807, 2.05) is 6.07 Å². The minimum atomic E-state index is -1.62. The number of benzene rings is 1. The lowest BCUT2D eigenvalue weighted by Crippen LogP contribution is -2.14. The second-order valence-electron chi connectivity index (χ2n) is 4.57. The lowest BCUT2D eigenvalue weighted by Gasteiger charge is -2.12. The summed E-state index contributed by atoms with van der Waals surface area (Å²) in [6.45, 7) is 1.78. The molecule has 3 nitrogen and oxygen atoms in total. The van der Waals surface area contributed by atoms with Gasteiger partial charge in [-0.15, -0.1) is 0 Å². The molecule has 0 aliphatic rings. The number of hydrogen-bond donors (Lipinski definition) is 0. The fourth-order valence-corrected chi connectivity index (χ4v) is 2.07. The van der Waals surface area contributed by atoms with Crippen LogP contribution in [0.3, 0.4) is 0 Å². The Labute approximate surface area is 127 Å². The van der Waals surface area contributed by atoms with Crippen molar-refractivity contribution in [2.75, 3.05) is 0 Å². The smallest absolute Gasteiger partial charge is 0.308 e. The highest BCUT2D eigenvalue weighted by Gasteiger charge is 2.19. The van der Waals surface area contributed by atoms with E-state index in [1.54, 1.807) is 6.92 Å². The van der Waals surface area contributed by atoms with Crippen LogP contribution in [0.15, 0.2) is 18.2 Å². The van der Waals surface area contributed by atoms with Gasteiger partial charge < -0.3 is 4.74 Å². The van der Waals surface area contributed by atoms with Gasteiger partial charge in [-0.3, -0.25) is 4.79 Å². The average Bonchev–Trinajstić information content (AvgIpc) is 2.43. The normalized spacial score (nSPS) is 13.3. The molecule has 0 aromatic heterocycles. The van der Waals surface area contributed by atoms with E-state index in [1.165, 1.54) is 12.1 Å². The first kappa shape index (κ1) is 17.4. The van der Waals surface area contributed by atoms with Crippen molar-refractivity contribution in [3.8, 4) is 6.07 Å². The van der Waals surface area contributed by atoms with Crippen molar-refractivity contribution in [1.82, 2.24) is 0 Å². The van der Waals surface area contributed by atoms with E-state index in [0.29, 0.717) is 12.0 Å². The molecule has 0 aliphatic heterocycles. The third kappa shape index (κ3) is 5.68. The minimum absolute atomic E-state index is 0.0946. The largest absolute Gasteiger partial charge is 0.431 e. The van der Waals surface area contributed by atoms with E-state index in [-0.39, 0.29) is 24.3 Å². The molecule has 0 amide bonds. The third-order valence-electron chi connectivity index (χ3n) is 2.90. The van der Waals surface area contributed by atoms with Crippen LogP contribution in [0.4, 0.5) is 8.78 Å². The van der Waals surface area contributed by atoms with Gasteiger partial charge in [0.15, 0.2) is 0 Å². The van der Waals surface area contributed by atoms with Crippen molar-refractivity contribution in [2.24, 2.45) is 0 Å². The SMILES string of the molecule is CCCC(F)OC(=O)CCC(C#N)c1cc(F)ccc1Cl. The summed E-state index contributed by atoms with van der Waals surface area (Å²) < 4.78 is 30.9. The van der Waals surface area contributed by atoms with E-state index in [9.17, 15) is 13.6 Å². The van der Waals surface area contributed by atoms with Gasteiger partial charge in [-0.1, -0.05) is 18.5 Å². The standard InChI is InChI=1S/C15H16ClF2NO2/c1-2-3-14(18)21-15(20)7-4-10(9-19)12-8-11(17)5-6-13(12)16/h5-6,8,10,14H,2-4,7H2,1H3. The summed E-state index contributed by atoms with van der Waals surface area (Å²) in [7, 11) is 0. The molecule has 0 saturated carbocycles. The maximum atomic E-state index is 13.2. The molecule has 0 bridgehead atoms. The van der Waals surface area contributed by atoms with Crippen LogP contribution in [0.2, 0.25) is 5.02 Å². The fraction of sp³-hybridized carbons (Fsp3) is 0.467. The number of esters is 1. The quantitative estimate of drug-likeness (QED) is 0.696. The second-order valence-corrected chi connectivity index (χ2v) is 4.98. The molecule has 1 aromatic rings. The molecule has 0 aliphatic carbocycles. The molecule has 6 heteroatoms. The van der Waals surface area contributed by atoms with E-state index < -0.39 is 24.1 Å². The van der Waals surface area contributed by atoms with Crippen LogP contribution >= 0.6 is 11.6 Å². The summed E-state index contributed by atoms with van der Waals surface area (Å²) in [6.07, 6.45) is -0.954. The summed E-state index contributed by atoms with van der Waals surface area (Å²) >= 11 is 5.92. The average molecular weight is 316 g/mol. The van der Waals surface area contributed by atoms with Gasteiger partial charge in [0.2, 0.25) is 6.36 Å². The van der Waals surface area contributed by atoms with Crippen molar-refractivity contribution in [1.29, 1.82) is 5.26 Å². The summed E-state index contributed by atoms with van der Waals surface area (Å²) in [5.74, 6) is -1.97. The van der Waals surface area contributed by atoms with E-state index in [2.05, 4.69) is 4.74 Å². The molecule has 114 valence electrons. The zero-order chi connectivity index (χ0) is 15.8. The molecule has 2 unspecified atom stereocenters. The number of rotatable bonds is 7. The van der Waals surface area contributed by atoms with Gasteiger partial charge in [-0.25, -0.2) is 8.78 Å². The van der Waals surface area contributed by atoms with Crippen molar-refractivity contribution in [2.45, 2.75) is 44.9 Å². The Hall–Kier alpha value is -1.67. The van der Waals surface area contributed by atoms with E-state index in [4.69, 9.17) is 16.9 Å². The van der Waals surface area contributed by atoms with Crippen LogP contribution in [0, 0.1) is 17.1 Å². The summed E-state index contributed by atoms with van der Waals surface area (Å²) in [4.78, 5) is 11.5. The molecule has 0 spiro atoms. The second kappa shape index (κ2) is 8.58. The molecule has 0 heterocycles. The molecular formula is C15H16ClF2NO2. The van der Waals surface area contributed by atoms with Crippen LogP contribution in [0.1, 0.15) is 44.1 Å². The Morgan fingerprint density at radius 3 is 2.81 bits per heavy atom. The molecule has 1 rings (SSSR count). The van der Waals surface area contributed by atoms with Crippen LogP contribution in [0.25, 0.3) is 0 Å². The number of ether oxygens (including phenoxy) is 1. The van der Waals surface area contributed by atoms with Crippen molar-refractivity contribution >= 4 is 17.6 Å². The Morgan fingerprint density at radius 1 is 1.48 bits per heavy atom. The Balaban J connectivity index is 2.61. The van der Waals surface area contributed by atoms with Gasteiger partial charge in [0.1, 0.15) is 5.82 Å². The first-order valence-electron chi connectivity index (χ1n) is 6.66. The van der Waals surface area contributed by atoms with Crippen LogP contribution < -0.4 is 0 Å². The summed E-state index contributed by atoms with van der Waals surface area (Å²) in [5, 5.41) is 9.37. The van der Waals surface area contributed by atoms with Gasteiger partial charge >= 0.3 is 5.97 Å². The van der Waals surface area contributed by atoms with Gasteiger partial charge in [-0.05, 0) is 36.6 Å². The highest BCUT2D eigenvalue weighted by Crippen LogP contribution is 2.28. The van der Waals surface area contributed by atoms with Gasteiger partial charge in [-0.2, -0.15) is 5.26 Å². The molecule has 0 radical (unpaired) electrons. The van der Waals surface area contributed by atoms with Crippen LogP contribution in [0.5, 0.6) is 0 Å². The van der Waals surface area contributed by atoms with Gasteiger partial charge in [0.05, 0.1) is 12.0 Å². The predicted molar refractivity (Wildman–Crippen MR) is 74.9 cm³/mol. The lowest BCUT2D eigenvalue weighted by atomic mass is 9.95. The summed E-state index contributed by atoms with van der Waals surface area (Å²) in [6, 6.07) is 5.67. The molecule has 1 aromatic carbocycles. The fourth-order valence-electron chi connectivity index (χ4n) is 1.82. The number of alkyl halides is 1. The molecule has 21 heavy (non-hydrogen) atoms. The van der Waals surface area contributed by atoms with Crippen LogP contribution in [-0.2, 0) is 9.53 Å². The van der Waals surface area contributed by atoms with Gasteiger partial charge in [0.25, 0.3) is 0 Å². The number of nitriles is 1. The monoisotopic (exact) mass is 315 g/mol. The first-order chi connectivity index (χ1) is 9.97. The van der Waals surface area contributed by atoms with Gasteiger partial charge in [0, 0.05) is 17.9 Å². The number of halogens is 3. The van der Waals surface area contributed by atoms with Crippen LogP contribution in [-0.4, -0.2) is 12.3 Å². The zero-order valence-electron chi connectivity index (χ0n) is 11.6. The lowest BCUT2D eigenvalue weighted by molar-refractivity contribution is -0.158. The number of nitrogens with zero attached hydrogens (tertiary/aromatic N) is 1. The Kier molecular flexibility index (Phi) is 7.10. The number of carbonyl (C=O) groups excluding carboxylic acids is 1. The Bertz CT molecular complexity index is 531. The predicted octanol–water partition coefficient (Wildman–Crippen LogP) is 4.51. The van der Waals surface area contributed by atoms with Crippen molar-refractivity contribution in [3.05, 3.63) is 34.6 Å². The molecule has 0 fully saturated rings. The molecule has 0 saturated heterocycles.